The summed E-state index contributed by atoms with van der Waals surface area (Å²) in [4.78, 5) is 30.0. The second-order valence-electron chi connectivity index (χ2n) is 7.49. The van der Waals surface area contributed by atoms with Crippen LogP contribution in [0.3, 0.4) is 0 Å². The van der Waals surface area contributed by atoms with Crippen molar-refractivity contribution in [3.8, 4) is 11.3 Å². The van der Waals surface area contributed by atoms with E-state index in [1.807, 2.05) is 23.6 Å². The molecule has 0 saturated heterocycles. The molecule has 0 unspecified atom stereocenters. The fourth-order valence-corrected chi connectivity index (χ4v) is 5.20. The number of benzene rings is 1. The average Bonchev–Trinajstić information content (AvgIpc) is 3.51. The van der Waals surface area contributed by atoms with E-state index in [4.69, 9.17) is 4.42 Å². The molecule has 0 radical (unpaired) electrons. The molecule has 1 aromatic carbocycles. The van der Waals surface area contributed by atoms with Gasteiger partial charge in [-0.05, 0) is 50.2 Å². The molecule has 0 fully saturated rings. The van der Waals surface area contributed by atoms with Crippen LogP contribution in [0.15, 0.2) is 57.4 Å². The molecule has 0 spiro atoms. The number of carbonyl (C=O) groups excluding carboxylic acids is 2. The lowest BCUT2D eigenvalue weighted by atomic mass is 10.2. The number of hydrogen-bond acceptors (Lipinski definition) is 6. The number of furan rings is 1. The summed E-state index contributed by atoms with van der Waals surface area (Å²) >= 11 is 2.85. The quantitative estimate of drug-likeness (QED) is 0.426. The zero-order valence-electron chi connectivity index (χ0n) is 17.5. The number of thioether (sulfide) groups is 1. The Balaban J connectivity index is 1.34. The van der Waals surface area contributed by atoms with Crippen molar-refractivity contribution in [3.63, 3.8) is 0 Å². The Morgan fingerprint density at radius 1 is 1.28 bits per heavy atom. The molecule has 9 heteroatoms. The van der Waals surface area contributed by atoms with Crippen LogP contribution in [0.1, 0.15) is 27.5 Å². The number of hydrogen-bond donors (Lipinski definition) is 2. The molecule has 3 aromatic heterocycles. The summed E-state index contributed by atoms with van der Waals surface area (Å²) < 4.78 is 7.67. The summed E-state index contributed by atoms with van der Waals surface area (Å²) in [7, 11) is 0. The Morgan fingerprint density at radius 2 is 2.16 bits per heavy atom. The smallest absolute Gasteiger partial charge is 0.257 e. The van der Waals surface area contributed by atoms with Gasteiger partial charge >= 0.3 is 0 Å². The molecule has 4 heterocycles. The monoisotopic (exact) mass is 464 g/mol. The van der Waals surface area contributed by atoms with Gasteiger partial charge in [0.15, 0.2) is 5.13 Å². The van der Waals surface area contributed by atoms with E-state index in [9.17, 15) is 9.59 Å². The van der Waals surface area contributed by atoms with Crippen LogP contribution in [0.4, 0.5) is 10.8 Å². The number of rotatable bonds is 5. The van der Waals surface area contributed by atoms with Gasteiger partial charge in [0.2, 0.25) is 5.91 Å². The van der Waals surface area contributed by atoms with Gasteiger partial charge in [-0.15, -0.1) is 23.1 Å². The molecular formula is C23H20N4O3S2. The SMILES string of the molecule is Cc1cc(-c2csc(NC(=O)c3ccc4c(c3)NC(=O)CS4)n2)c(C)n1Cc1ccco1. The second-order valence-corrected chi connectivity index (χ2v) is 9.37. The Labute approximate surface area is 192 Å². The highest BCUT2D eigenvalue weighted by Gasteiger charge is 2.19. The molecule has 162 valence electrons. The maximum absolute atomic E-state index is 12.8. The van der Waals surface area contributed by atoms with E-state index in [2.05, 4.69) is 40.1 Å². The van der Waals surface area contributed by atoms with Gasteiger partial charge < -0.3 is 14.3 Å². The van der Waals surface area contributed by atoms with Crippen LogP contribution < -0.4 is 10.6 Å². The predicted molar refractivity (Wildman–Crippen MR) is 127 cm³/mol. The predicted octanol–water partition coefficient (Wildman–Crippen LogP) is 5.17. The zero-order valence-corrected chi connectivity index (χ0v) is 19.1. The Hall–Kier alpha value is -3.30. The number of fused-ring (bicyclic) bond motifs is 1. The highest BCUT2D eigenvalue weighted by Crippen LogP contribution is 2.33. The molecule has 1 aliphatic heterocycles. The summed E-state index contributed by atoms with van der Waals surface area (Å²) in [5.74, 6) is 0.961. The van der Waals surface area contributed by atoms with Gasteiger partial charge in [-0.3, -0.25) is 14.9 Å². The minimum absolute atomic E-state index is 0.0609. The third-order valence-electron chi connectivity index (χ3n) is 5.34. The van der Waals surface area contributed by atoms with Gasteiger partial charge in [0.25, 0.3) is 5.91 Å². The van der Waals surface area contributed by atoms with Crippen molar-refractivity contribution < 1.29 is 14.0 Å². The fourth-order valence-electron chi connectivity index (χ4n) is 3.71. The molecule has 4 aromatic rings. The summed E-state index contributed by atoms with van der Waals surface area (Å²) in [6.07, 6.45) is 1.68. The zero-order chi connectivity index (χ0) is 22.2. The normalized spacial score (nSPS) is 13.0. The minimum Gasteiger partial charge on any atom is -0.467 e. The first-order valence-electron chi connectivity index (χ1n) is 10.0. The molecular weight excluding hydrogens is 444 g/mol. The largest absolute Gasteiger partial charge is 0.467 e. The maximum Gasteiger partial charge on any atom is 0.257 e. The van der Waals surface area contributed by atoms with Gasteiger partial charge in [0.1, 0.15) is 5.76 Å². The van der Waals surface area contributed by atoms with Gasteiger partial charge in [-0.1, -0.05) is 0 Å². The Morgan fingerprint density at radius 3 is 2.97 bits per heavy atom. The van der Waals surface area contributed by atoms with Crippen molar-refractivity contribution in [1.29, 1.82) is 0 Å². The van der Waals surface area contributed by atoms with Crippen LogP contribution in [-0.2, 0) is 11.3 Å². The van der Waals surface area contributed by atoms with E-state index in [-0.39, 0.29) is 11.8 Å². The van der Waals surface area contributed by atoms with E-state index in [1.165, 1.54) is 23.1 Å². The second kappa shape index (κ2) is 8.33. The lowest BCUT2D eigenvalue weighted by Gasteiger charge is -2.16. The van der Waals surface area contributed by atoms with Crippen LogP contribution in [0.25, 0.3) is 11.3 Å². The van der Waals surface area contributed by atoms with Gasteiger partial charge in [-0.2, -0.15) is 0 Å². The number of carbonyl (C=O) groups is 2. The molecule has 0 atom stereocenters. The molecule has 0 bridgehead atoms. The fraction of sp³-hybridized carbons (Fsp3) is 0.174. The standard InChI is InChI=1S/C23H20N4O3S2/c1-13-8-17(14(2)27(13)10-16-4-3-7-30-16)19-11-32-23(25-19)26-22(29)15-5-6-20-18(9-15)24-21(28)12-31-20/h3-9,11H,10,12H2,1-2H3,(H,24,28)(H,25,26,29). The van der Waals surface area contributed by atoms with Gasteiger partial charge in [-0.25, -0.2) is 4.98 Å². The molecule has 2 N–H and O–H groups in total. The van der Waals surface area contributed by atoms with Crippen molar-refractivity contribution in [1.82, 2.24) is 9.55 Å². The highest BCUT2D eigenvalue weighted by molar-refractivity contribution is 8.00. The molecule has 7 nitrogen and oxygen atoms in total. The number of nitrogens with zero attached hydrogens (tertiary/aromatic N) is 2. The lowest BCUT2D eigenvalue weighted by Crippen LogP contribution is -2.19. The Bertz CT molecular complexity index is 1320. The molecule has 1 aliphatic rings. The molecule has 0 aliphatic carbocycles. The van der Waals surface area contributed by atoms with Gasteiger partial charge in [0.05, 0.1) is 29.9 Å². The summed E-state index contributed by atoms with van der Waals surface area (Å²) in [6, 6.07) is 11.3. The minimum atomic E-state index is -0.262. The number of aromatic nitrogens is 2. The van der Waals surface area contributed by atoms with E-state index in [0.29, 0.717) is 28.7 Å². The Kier molecular flexibility index (Phi) is 5.36. The van der Waals surface area contributed by atoms with E-state index in [1.54, 1.807) is 18.4 Å². The van der Waals surface area contributed by atoms with Crippen LogP contribution in [0.2, 0.25) is 0 Å². The lowest BCUT2D eigenvalue weighted by molar-refractivity contribution is -0.113. The van der Waals surface area contributed by atoms with Crippen LogP contribution in [-0.4, -0.2) is 27.1 Å². The van der Waals surface area contributed by atoms with Crippen molar-refractivity contribution in [3.05, 3.63) is 70.8 Å². The highest BCUT2D eigenvalue weighted by atomic mass is 32.2. The van der Waals surface area contributed by atoms with E-state index >= 15 is 0 Å². The number of amides is 2. The number of thiazole rings is 1. The average molecular weight is 465 g/mol. The van der Waals surface area contributed by atoms with Crippen molar-refractivity contribution in [2.24, 2.45) is 0 Å². The molecule has 2 amide bonds. The summed E-state index contributed by atoms with van der Waals surface area (Å²) in [5, 5.41) is 8.15. The van der Waals surface area contributed by atoms with Crippen LogP contribution in [0, 0.1) is 13.8 Å². The first kappa shape index (κ1) is 20.6. The van der Waals surface area contributed by atoms with E-state index in [0.717, 1.165) is 33.3 Å². The van der Waals surface area contributed by atoms with Crippen molar-refractivity contribution >= 4 is 45.7 Å². The van der Waals surface area contributed by atoms with Crippen LogP contribution in [0.5, 0.6) is 0 Å². The molecule has 32 heavy (non-hydrogen) atoms. The maximum atomic E-state index is 12.8. The van der Waals surface area contributed by atoms with Crippen molar-refractivity contribution in [2.75, 3.05) is 16.4 Å². The number of anilines is 2. The van der Waals surface area contributed by atoms with Crippen molar-refractivity contribution in [2.45, 2.75) is 25.3 Å². The topological polar surface area (TPSA) is 89.2 Å². The van der Waals surface area contributed by atoms with Gasteiger partial charge in [0, 0.05) is 32.8 Å². The van der Waals surface area contributed by atoms with Crippen LogP contribution >= 0.6 is 23.1 Å². The molecule has 0 saturated carbocycles. The number of nitrogens with one attached hydrogen (secondary N) is 2. The number of aryl methyl sites for hydroxylation is 1. The third kappa shape index (κ3) is 3.96. The first-order valence-corrected chi connectivity index (χ1v) is 11.9. The summed E-state index contributed by atoms with van der Waals surface area (Å²) in [5.41, 5.74) is 5.19. The third-order valence-corrected chi connectivity index (χ3v) is 7.17. The first-order chi connectivity index (χ1) is 15.5. The molecule has 5 rings (SSSR count). The van der Waals surface area contributed by atoms with E-state index < -0.39 is 0 Å². The summed E-state index contributed by atoms with van der Waals surface area (Å²) in [6.45, 7) is 4.77.